The van der Waals surface area contributed by atoms with E-state index in [-0.39, 0.29) is 30.4 Å². The molecule has 7 rings (SSSR count). The van der Waals surface area contributed by atoms with Crippen molar-refractivity contribution in [3.05, 3.63) is 112 Å². The van der Waals surface area contributed by atoms with Gasteiger partial charge in [-0.25, -0.2) is 4.98 Å². The van der Waals surface area contributed by atoms with E-state index in [0.717, 1.165) is 63.9 Å². The highest BCUT2D eigenvalue weighted by Gasteiger charge is 2.60. The Kier molecular flexibility index (Phi) is 8.78. The largest absolute Gasteiger partial charge is 0.388 e. The SMILES string of the molecule is C=C(NC)c1ccc2c(c1)CCc1cc(C(=O)NC)ccc1C2(CCNCC(=O)N1C(C#N)C[C@H]2C1[C@H]2C)c1nc(-c2ccc(C)cc2)n[nH]1. The van der Waals surface area contributed by atoms with Crippen molar-refractivity contribution >= 4 is 17.5 Å². The fourth-order valence-corrected chi connectivity index (χ4v) is 8.33. The molecule has 1 aliphatic heterocycles. The smallest absolute Gasteiger partial charge is 0.251 e. The summed E-state index contributed by atoms with van der Waals surface area (Å²) in [6, 6.07) is 22.7. The lowest BCUT2D eigenvalue weighted by Crippen LogP contribution is -2.44. The van der Waals surface area contributed by atoms with Gasteiger partial charge in [0.15, 0.2) is 5.82 Å². The molecule has 4 N–H and O–H groups in total. The molecule has 256 valence electrons. The molecule has 3 unspecified atom stereocenters. The number of hydrogen-bond acceptors (Lipinski definition) is 7. The van der Waals surface area contributed by atoms with E-state index in [1.54, 1.807) is 7.05 Å². The number of nitriles is 1. The number of aromatic nitrogens is 3. The molecule has 5 atom stereocenters. The van der Waals surface area contributed by atoms with Crippen molar-refractivity contribution < 1.29 is 9.59 Å². The van der Waals surface area contributed by atoms with Crippen LogP contribution in [0.5, 0.6) is 0 Å². The van der Waals surface area contributed by atoms with Gasteiger partial charge < -0.3 is 20.9 Å². The molecule has 1 aromatic heterocycles. The third-order valence-electron chi connectivity index (χ3n) is 11.2. The quantitative estimate of drug-likeness (QED) is 0.183. The van der Waals surface area contributed by atoms with Crippen LogP contribution in [0.3, 0.4) is 0 Å². The molecule has 3 aromatic carbocycles. The Hall–Kier alpha value is -5.27. The van der Waals surface area contributed by atoms with Crippen LogP contribution in [0.15, 0.2) is 67.2 Å². The third kappa shape index (κ3) is 5.65. The number of likely N-dealkylation sites (tertiary alicyclic amines) is 1. The molecule has 4 aromatic rings. The topological polar surface area (TPSA) is 139 Å². The lowest BCUT2D eigenvalue weighted by atomic mass is 9.69. The molecule has 2 aliphatic carbocycles. The van der Waals surface area contributed by atoms with Gasteiger partial charge >= 0.3 is 0 Å². The molecule has 10 nitrogen and oxygen atoms in total. The zero-order valence-corrected chi connectivity index (χ0v) is 29.1. The van der Waals surface area contributed by atoms with Crippen molar-refractivity contribution in [2.24, 2.45) is 11.8 Å². The van der Waals surface area contributed by atoms with Crippen LogP contribution in [0.2, 0.25) is 0 Å². The van der Waals surface area contributed by atoms with Gasteiger partial charge in [-0.15, -0.1) is 0 Å². The summed E-state index contributed by atoms with van der Waals surface area (Å²) in [5, 5.41) is 27.2. The normalized spacial score (nSPS) is 23.1. The molecule has 1 saturated carbocycles. The summed E-state index contributed by atoms with van der Waals surface area (Å²) in [4.78, 5) is 33.4. The van der Waals surface area contributed by atoms with Crippen molar-refractivity contribution in [1.82, 2.24) is 36.0 Å². The van der Waals surface area contributed by atoms with E-state index in [1.807, 2.05) is 36.2 Å². The molecule has 10 heteroatoms. The van der Waals surface area contributed by atoms with E-state index >= 15 is 0 Å². The minimum Gasteiger partial charge on any atom is -0.388 e. The van der Waals surface area contributed by atoms with Gasteiger partial charge in [0.05, 0.1) is 18.0 Å². The number of nitrogens with one attached hydrogen (secondary N) is 4. The summed E-state index contributed by atoms with van der Waals surface area (Å²) in [6.45, 7) is 9.07. The minimum atomic E-state index is -0.799. The first-order chi connectivity index (χ1) is 24.2. The van der Waals surface area contributed by atoms with Crippen molar-refractivity contribution in [2.45, 2.75) is 57.0 Å². The predicted molar refractivity (Wildman–Crippen MR) is 193 cm³/mol. The number of nitrogens with zero attached hydrogens (tertiary/aromatic N) is 4. The van der Waals surface area contributed by atoms with Crippen molar-refractivity contribution in [1.29, 1.82) is 5.26 Å². The number of benzene rings is 3. The molecule has 2 amide bonds. The standard InChI is InChI=1S/C40H44N8O2/c1-23-6-8-26(9-7-23)37-45-39(47-46-37)40(16-17-44-22-35(49)48-31(21-41)20-32-24(2)36(32)48)33-14-12-27(25(3)42-4)18-28(33)10-11-29-19-30(38(50)43-5)13-15-34(29)40/h6-9,12-15,18-19,24,31-32,36,42,44H,3,10-11,16-17,20,22H2,1-2,4-5H3,(H,43,50)(H,45,46,47)/t24-,31?,32+,36?,40?/m0/s1. The maximum Gasteiger partial charge on any atom is 0.251 e. The number of piperidine rings is 1. The number of H-pyrrole nitrogens is 1. The first-order valence-electron chi connectivity index (χ1n) is 17.5. The van der Waals surface area contributed by atoms with E-state index in [0.29, 0.717) is 42.0 Å². The summed E-state index contributed by atoms with van der Waals surface area (Å²) in [5.41, 5.74) is 8.05. The van der Waals surface area contributed by atoms with Crippen LogP contribution in [-0.2, 0) is 23.1 Å². The summed E-state index contributed by atoms with van der Waals surface area (Å²) in [7, 11) is 3.51. The zero-order valence-electron chi connectivity index (χ0n) is 29.1. The van der Waals surface area contributed by atoms with Gasteiger partial charge in [-0.3, -0.25) is 14.7 Å². The van der Waals surface area contributed by atoms with E-state index in [4.69, 9.17) is 10.1 Å². The molecule has 2 heterocycles. The number of aromatic amines is 1. The Morgan fingerprint density at radius 2 is 1.70 bits per heavy atom. The second kappa shape index (κ2) is 13.2. The lowest BCUT2D eigenvalue weighted by Gasteiger charge is -2.35. The predicted octanol–water partition coefficient (Wildman–Crippen LogP) is 4.50. The van der Waals surface area contributed by atoms with Crippen molar-refractivity contribution in [3.8, 4) is 17.5 Å². The molecular formula is C40H44N8O2. The molecule has 1 saturated heterocycles. The average molecular weight is 669 g/mol. The molecule has 0 spiro atoms. The second-order valence-corrected chi connectivity index (χ2v) is 14.0. The number of rotatable bonds is 10. The maximum atomic E-state index is 13.5. The second-order valence-electron chi connectivity index (χ2n) is 14.0. The number of amides is 2. The monoisotopic (exact) mass is 668 g/mol. The molecule has 3 aliphatic rings. The maximum absolute atomic E-state index is 13.5. The molecule has 0 radical (unpaired) electrons. The number of hydrogen-bond donors (Lipinski definition) is 4. The van der Waals surface area contributed by atoms with Crippen LogP contribution < -0.4 is 16.0 Å². The molecule has 50 heavy (non-hydrogen) atoms. The van der Waals surface area contributed by atoms with Crippen LogP contribution in [0.1, 0.15) is 69.3 Å². The Morgan fingerprint density at radius 3 is 2.36 bits per heavy atom. The van der Waals surface area contributed by atoms with Crippen LogP contribution in [0.4, 0.5) is 0 Å². The minimum absolute atomic E-state index is 0.0316. The lowest BCUT2D eigenvalue weighted by molar-refractivity contribution is -0.131. The van der Waals surface area contributed by atoms with E-state index in [1.165, 1.54) is 0 Å². The Balaban J connectivity index is 1.32. The third-order valence-corrected chi connectivity index (χ3v) is 11.2. The van der Waals surface area contributed by atoms with Crippen LogP contribution in [0, 0.1) is 30.1 Å². The summed E-state index contributed by atoms with van der Waals surface area (Å²) in [6.07, 6.45) is 2.79. The van der Waals surface area contributed by atoms with Gasteiger partial charge in [-0.05, 0) is 97.0 Å². The number of carbonyl (C=O) groups is 2. The Labute approximate surface area is 293 Å². The Bertz CT molecular complexity index is 1940. The summed E-state index contributed by atoms with van der Waals surface area (Å²) < 4.78 is 0. The average Bonchev–Trinajstić information content (AvgIpc) is 3.45. The van der Waals surface area contributed by atoms with Gasteiger partial charge in [0.1, 0.15) is 11.9 Å². The fourth-order valence-electron chi connectivity index (χ4n) is 8.33. The zero-order chi connectivity index (χ0) is 35.2. The molecular weight excluding hydrogens is 624 g/mol. The highest BCUT2D eigenvalue weighted by atomic mass is 16.2. The highest BCUT2D eigenvalue weighted by molar-refractivity contribution is 5.94. The summed E-state index contributed by atoms with van der Waals surface area (Å²) >= 11 is 0. The van der Waals surface area contributed by atoms with E-state index < -0.39 is 5.41 Å². The van der Waals surface area contributed by atoms with Crippen LogP contribution in [-0.4, -0.2) is 71.2 Å². The van der Waals surface area contributed by atoms with Crippen molar-refractivity contribution in [3.63, 3.8) is 0 Å². The highest BCUT2D eigenvalue weighted by Crippen LogP contribution is 2.53. The first-order valence-corrected chi connectivity index (χ1v) is 17.5. The number of fused-ring (bicyclic) bond motifs is 3. The van der Waals surface area contributed by atoms with Gasteiger partial charge in [0.25, 0.3) is 5.91 Å². The fraction of sp³-hybridized carbons (Fsp3) is 0.375. The van der Waals surface area contributed by atoms with Crippen LogP contribution in [0.25, 0.3) is 17.1 Å². The molecule has 0 bridgehead atoms. The first kappa shape index (κ1) is 33.2. The number of aryl methyl sites for hydroxylation is 3. The van der Waals surface area contributed by atoms with Crippen LogP contribution >= 0.6 is 0 Å². The van der Waals surface area contributed by atoms with Gasteiger partial charge in [0.2, 0.25) is 5.91 Å². The summed E-state index contributed by atoms with van der Waals surface area (Å²) in [5.74, 6) is 2.00. The molecule has 2 fully saturated rings. The van der Waals surface area contributed by atoms with Crippen molar-refractivity contribution in [2.75, 3.05) is 27.2 Å². The van der Waals surface area contributed by atoms with E-state index in [9.17, 15) is 14.9 Å². The van der Waals surface area contributed by atoms with E-state index in [2.05, 4.69) is 83.9 Å². The van der Waals surface area contributed by atoms with Gasteiger partial charge in [-0.1, -0.05) is 61.5 Å². The number of carbonyl (C=O) groups excluding carboxylic acids is 2. The van der Waals surface area contributed by atoms with Gasteiger partial charge in [-0.2, -0.15) is 10.4 Å². The van der Waals surface area contributed by atoms with Gasteiger partial charge in [0, 0.05) is 37.0 Å². The Morgan fingerprint density at radius 1 is 1.02 bits per heavy atom.